The molecule has 0 aromatic heterocycles. The summed E-state index contributed by atoms with van der Waals surface area (Å²) in [6, 6.07) is 4.83. The van der Waals surface area contributed by atoms with Crippen molar-refractivity contribution in [3.8, 4) is 11.5 Å². The summed E-state index contributed by atoms with van der Waals surface area (Å²) in [4.78, 5) is 2.53. The summed E-state index contributed by atoms with van der Waals surface area (Å²) in [5.74, 6) is 3.41. The van der Waals surface area contributed by atoms with Gasteiger partial charge in [0.1, 0.15) is 12.2 Å². The van der Waals surface area contributed by atoms with Crippen LogP contribution in [0.4, 0.5) is 0 Å². The van der Waals surface area contributed by atoms with E-state index in [-0.39, 0.29) is 11.5 Å². The van der Waals surface area contributed by atoms with E-state index in [0.29, 0.717) is 23.8 Å². The number of hydrogen-bond donors (Lipinski definition) is 1. The van der Waals surface area contributed by atoms with Gasteiger partial charge in [-0.1, -0.05) is 18.2 Å². The number of rotatable bonds is 1. The third kappa shape index (κ3) is 1.14. The van der Waals surface area contributed by atoms with Gasteiger partial charge in [0.25, 0.3) is 0 Å². The van der Waals surface area contributed by atoms with Gasteiger partial charge in [0.15, 0.2) is 11.5 Å². The fraction of sp³-hybridized carbons (Fsp3) is 0.579. The van der Waals surface area contributed by atoms with Crippen LogP contribution in [0, 0.1) is 17.8 Å². The van der Waals surface area contributed by atoms with E-state index < -0.39 is 6.10 Å². The first-order chi connectivity index (χ1) is 11.2. The Bertz CT molecular complexity index is 759. The molecule has 5 aliphatic rings. The highest BCUT2D eigenvalue weighted by molar-refractivity contribution is 5.63. The van der Waals surface area contributed by atoms with Crippen LogP contribution in [0.1, 0.15) is 11.1 Å². The summed E-state index contributed by atoms with van der Waals surface area (Å²) in [7, 11) is 3.96. The Morgan fingerprint density at radius 2 is 2.22 bits per heavy atom. The summed E-state index contributed by atoms with van der Waals surface area (Å²) in [5, 5.41) is 10.7. The molecule has 2 fully saturated rings. The molecule has 7 atom stereocenters. The molecule has 1 N–H and O–H groups in total. The average Bonchev–Trinajstić information content (AvgIpc) is 3.12. The van der Waals surface area contributed by atoms with Crippen molar-refractivity contribution in [2.45, 2.75) is 30.1 Å². The van der Waals surface area contributed by atoms with Crippen LogP contribution >= 0.6 is 0 Å². The fourth-order valence-corrected chi connectivity index (χ4v) is 6.83. The number of benzene rings is 1. The molecule has 1 aromatic carbocycles. The molecule has 7 unspecified atom stereocenters. The molecule has 2 aliphatic heterocycles. The van der Waals surface area contributed by atoms with E-state index in [2.05, 4.69) is 24.1 Å². The zero-order chi connectivity index (χ0) is 15.5. The van der Waals surface area contributed by atoms with Crippen molar-refractivity contribution in [1.29, 1.82) is 0 Å². The van der Waals surface area contributed by atoms with Crippen LogP contribution < -0.4 is 9.47 Å². The van der Waals surface area contributed by atoms with E-state index in [1.165, 1.54) is 11.1 Å². The average molecular weight is 311 g/mol. The van der Waals surface area contributed by atoms with Crippen LogP contribution in [0.25, 0.3) is 0 Å². The zero-order valence-corrected chi connectivity index (χ0v) is 13.4. The minimum atomic E-state index is -0.528. The number of likely N-dealkylation sites (tertiary alicyclic amines) is 1. The normalized spacial score (nSPS) is 47.6. The lowest BCUT2D eigenvalue weighted by atomic mass is 9.56. The Morgan fingerprint density at radius 1 is 1.35 bits per heavy atom. The number of methoxy groups -OCH3 is 1. The Balaban J connectivity index is 1.70. The molecule has 1 saturated heterocycles. The number of nitrogens with zero attached hydrogens (tertiary/aromatic N) is 1. The molecule has 0 radical (unpaired) electrons. The number of hydrogen-bond acceptors (Lipinski definition) is 4. The molecule has 0 amide bonds. The number of ether oxygens (including phenoxy) is 2. The fourth-order valence-electron chi connectivity index (χ4n) is 6.83. The zero-order valence-electron chi connectivity index (χ0n) is 13.4. The summed E-state index contributed by atoms with van der Waals surface area (Å²) in [6.07, 6.45) is 4.68. The highest BCUT2D eigenvalue weighted by Crippen LogP contribution is 2.71. The van der Waals surface area contributed by atoms with Crippen LogP contribution in [0.15, 0.2) is 24.3 Å². The summed E-state index contributed by atoms with van der Waals surface area (Å²) in [5.41, 5.74) is 2.72. The molecular formula is C19H21NO3. The van der Waals surface area contributed by atoms with Gasteiger partial charge in [-0.25, -0.2) is 0 Å². The number of piperidine rings is 1. The van der Waals surface area contributed by atoms with Crippen molar-refractivity contribution >= 4 is 0 Å². The van der Waals surface area contributed by atoms with Gasteiger partial charge in [0.05, 0.1) is 12.5 Å². The minimum absolute atomic E-state index is 0.0481. The van der Waals surface area contributed by atoms with Crippen LogP contribution in [-0.2, 0) is 11.8 Å². The minimum Gasteiger partial charge on any atom is -0.493 e. The SMILES string of the molecule is COc1ccc2c3c1OC1C(O)C=CC4C5C(C2)C(CN5C)C341. The Kier molecular flexibility index (Phi) is 2.10. The van der Waals surface area contributed by atoms with Crippen LogP contribution in [0.3, 0.4) is 0 Å². The van der Waals surface area contributed by atoms with Gasteiger partial charge in [-0.15, -0.1) is 0 Å². The third-order valence-electron chi connectivity index (χ3n) is 7.34. The first-order valence-corrected chi connectivity index (χ1v) is 8.61. The first-order valence-electron chi connectivity index (χ1n) is 8.61. The van der Waals surface area contributed by atoms with E-state index in [1.807, 2.05) is 12.1 Å². The van der Waals surface area contributed by atoms with Gasteiger partial charge >= 0.3 is 0 Å². The molecule has 1 saturated carbocycles. The number of aliphatic hydroxyl groups is 1. The largest absolute Gasteiger partial charge is 0.493 e. The van der Waals surface area contributed by atoms with E-state index in [9.17, 15) is 5.11 Å². The lowest BCUT2D eigenvalue weighted by molar-refractivity contribution is -0.0266. The first kappa shape index (κ1) is 12.8. The molecule has 4 nitrogen and oxygen atoms in total. The second kappa shape index (κ2) is 3.76. The summed E-state index contributed by atoms with van der Waals surface area (Å²) in [6.45, 7) is 1.11. The smallest absolute Gasteiger partial charge is 0.165 e. The van der Waals surface area contributed by atoms with Crippen molar-refractivity contribution in [1.82, 2.24) is 4.90 Å². The van der Waals surface area contributed by atoms with Crippen molar-refractivity contribution in [3.63, 3.8) is 0 Å². The lowest BCUT2D eigenvalue weighted by Crippen LogP contribution is -2.60. The maximum Gasteiger partial charge on any atom is 0.165 e. The van der Waals surface area contributed by atoms with E-state index >= 15 is 0 Å². The molecule has 2 heterocycles. The molecule has 120 valence electrons. The van der Waals surface area contributed by atoms with Gasteiger partial charge in [0, 0.05) is 24.1 Å². The van der Waals surface area contributed by atoms with Crippen LogP contribution in [0.5, 0.6) is 11.5 Å². The summed E-state index contributed by atoms with van der Waals surface area (Å²) < 4.78 is 12.0. The van der Waals surface area contributed by atoms with Crippen molar-refractivity contribution in [3.05, 3.63) is 35.4 Å². The second-order valence-electron chi connectivity index (χ2n) is 7.91. The predicted molar refractivity (Wildman–Crippen MR) is 84.8 cm³/mol. The Hall–Kier alpha value is -1.52. The van der Waals surface area contributed by atoms with Gasteiger partial charge in [-0.3, -0.25) is 0 Å². The lowest BCUT2D eigenvalue weighted by Gasteiger charge is -2.49. The molecule has 1 spiro atoms. The maximum atomic E-state index is 10.7. The standard InChI is InChI=1S/C19H21NO3/c1-20-8-12-10-7-9-3-6-14(22-2)17-15(9)19(12)11(16(10)20)4-5-13(21)18(19)23-17/h3-6,10-13,16,18,21H,7-8H2,1-2H3. The highest BCUT2D eigenvalue weighted by Gasteiger charge is 2.75. The monoisotopic (exact) mass is 311 g/mol. The molecule has 3 aliphatic carbocycles. The Labute approximate surface area is 135 Å². The topological polar surface area (TPSA) is 41.9 Å². The van der Waals surface area contributed by atoms with Crippen LogP contribution in [-0.4, -0.2) is 49.0 Å². The third-order valence-corrected chi connectivity index (χ3v) is 7.34. The van der Waals surface area contributed by atoms with E-state index in [0.717, 1.165) is 24.5 Å². The Morgan fingerprint density at radius 3 is 3.04 bits per heavy atom. The summed E-state index contributed by atoms with van der Waals surface area (Å²) >= 11 is 0. The molecule has 1 aromatic rings. The number of aliphatic hydroxyl groups excluding tert-OH is 1. The maximum absolute atomic E-state index is 10.7. The van der Waals surface area contributed by atoms with Gasteiger partial charge in [-0.2, -0.15) is 0 Å². The quantitative estimate of drug-likeness (QED) is 0.795. The molecule has 4 heteroatoms. The van der Waals surface area contributed by atoms with Crippen molar-refractivity contribution < 1.29 is 14.6 Å². The molecule has 4 bridgehead atoms. The molecular weight excluding hydrogens is 290 g/mol. The number of fused-ring (bicyclic) bond motifs is 1. The molecule has 23 heavy (non-hydrogen) atoms. The van der Waals surface area contributed by atoms with Gasteiger partial charge < -0.3 is 19.5 Å². The van der Waals surface area contributed by atoms with E-state index in [4.69, 9.17) is 9.47 Å². The predicted octanol–water partition coefficient (Wildman–Crippen LogP) is 1.36. The van der Waals surface area contributed by atoms with Crippen molar-refractivity contribution in [2.24, 2.45) is 17.8 Å². The van der Waals surface area contributed by atoms with Gasteiger partial charge in [0.2, 0.25) is 0 Å². The van der Waals surface area contributed by atoms with Crippen LogP contribution in [0.2, 0.25) is 0 Å². The second-order valence-corrected chi connectivity index (χ2v) is 7.91. The molecule has 6 rings (SSSR count). The van der Waals surface area contributed by atoms with E-state index in [1.54, 1.807) is 7.11 Å². The van der Waals surface area contributed by atoms with Crippen molar-refractivity contribution in [2.75, 3.05) is 20.7 Å². The van der Waals surface area contributed by atoms with Gasteiger partial charge in [-0.05, 0) is 36.9 Å². The highest BCUT2D eigenvalue weighted by atomic mass is 16.5.